The highest BCUT2D eigenvalue weighted by atomic mass is 16.5. The average molecular weight is 294 g/mol. The molecule has 118 valence electrons. The van der Waals surface area contributed by atoms with Gasteiger partial charge < -0.3 is 15.3 Å². The van der Waals surface area contributed by atoms with Crippen LogP contribution in [0.5, 0.6) is 0 Å². The second-order valence-electron chi connectivity index (χ2n) is 7.61. The molecule has 0 aromatic heterocycles. The van der Waals surface area contributed by atoms with Crippen molar-refractivity contribution in [2.75, 3.05) is 13.2 Å². The zero-order valence-corrected chi connectivity index (χ0v) is 13.2. The third kappa shape index (κ3) is 1.79. The predicted octanol–water partition coefficient (Wildman–Crippen LogP) is 2.33. The number of carbonyl (C=O) groups excluding carboxylic acids is 1. The van der Waals surface area contributed by atoms with Crippen molar-refractivity contribution in [2.24, 2.45) is 21.4 Å². The van der Waals surface area contributed by atoms with Gasteiger partial charge in [-0.1, -0.05) is 25.9 Å². The summed E-state index contributed by atoms with van der Waals surface area (Å²) in [5.41, 5.74) is -0.0291. The summed E-state index contributed by atoms with van der Waals surface area (Å²) in [5.74, 6) is 0.102. The van der Waals surface area contributed by atoms with Crippen LogP contribution in [0.4, 0.5) is 0 Å². The van der Waals surface area contributed by atoms with Gasteiger partial charge in [-0.25, -0.2) is 0 Å². The smallest absolute Gasteiger partial charge is 0.227 e. The lowest BCUT2D eigenvalue weighted by atomic mass is 9.64. The summed E-state index contributed by atoms with van der Waals surface area (Å²) in [6.45, 7) is 7.81. The molecule has 0 radical (unpaired) electrons. The first-order chi connectivity index (χ1) is 9.87. The van der Waals surface area contributed by atoms with Gasteiger partial charge in [-0.3, -0.25) is 4.79 Å². The van der Waals surface area contributed by atoms with E-state index in [4.69, 9.17) is 4.74 Å². The maximum absolute atomic E-state index is 12.9. The van der Waals surface area contributed by atoms with Crippen molar-refractivity contribution < 1.29 is 14.7 Å². The minimum atomic E-state index is -0.443. The number of rotatable bonds is 3. The van der Waals surface area contributed by atoms with Crippen LogP contribution in [0.2, 0.25) is 0 Å². The monoisotopic (exact) mass is 294 g/mol. The molecule has 2 N–H and O–H groups in total. The SMILES string of the molecule is CC12CCC(C(=O)NCC3CCCO3)(C/C1=N\O)C2(C)C. The van der Waals surface area contributed by atoms with Gasteiger partial charge in [0.15, 0.2) is 0 Å². The Morgan fingerprint density at radius 2 is 2.19 bits per heavy atom. The molecule has 21 heavy (non-hydrogen) atoms. The van der Waals surface area contributed by atoms with Crippen LogP contribution in [-0.4, -0.2) is 36.1 Å². The highest BCUT2D eigenvalue weighted by molar-refractivity contribution is 6.02. The molecule has 2 aliphatic carbocycles. The minimum absolute atomic E-state index is 0.102. The van der Waals surface area contributed by atoms with Crippen molar-refractivity contribution >= 4 is 11.6 Å². The molecule has 0 aromatic rings. The molecule has 1 heterocycles. The van der Waals surface area contributed by atoms with Crippen LogP contribution in [0.3, 0.4) is 0 Å². The molecule has 1 amide bonds. The Balaban J connectivity index is 1.78. The first-order valence-electron chi connectivity index (χ1n) is 7.99. The minimum Gasteiger partial charge on any atom is -0.411 e. The average Bonchev–Trinajstić information content (AvgIpc) is 3.08. The van der Waals surface area contributed by atoms with Crippen LogP contribution in [0.1, 0.15) is 52.9 Å². The Kier molecular flexibility index (Phi) is 3.32. The van der Waals surface area contributed by atoms with Crippen molar-refractivity contribution in [2.45, 2.75) is 59.0 Å². The number of carbonyl (C=O) groups is 1. The number of oxime groups is 1. The van der Waals surface area contributed by atoms with Gasteiger partial charge in [0.25, 0.3) is 0 Å². The van der Waals surface area contributed by atoms with E-state index in [1.165, 1.54) is 0 Å². The molecule has 0 aromatic carbocycles. The molecule has 5 heteroatoms. The lowest BCUT2D eigenvalue weighted by molar-refractivity contribution is -0.136. The van der Waals surface area contributed by atoms with Gasteiger partial charge in [0, 0.05) is 25.0 Å². The zero-order valence-electron chi connectivity index (χ0n) is 13.2. The van der Waals surface area contributed by atoms with Crippen molar-refractivity contribution in [3.05, 3.63) is 0 Å². The standard InChI is InChI=1S/C16H26N2O3/c1-14(2)15(3)6-7-16(14,9-12(15)18-20)13(19)17-10-11-5-4-8-21-11/h11,20H,4-10H2,1-3H3,(H,17,19)/b18-12+. The summed E-state index contributed by atoms with van der Waals surface area (Å²) in [5, 5.41) is 15.9. The van der Waals surface area contributed by atoms with E-state index >= 15 is 0 Å². The maximum atomic E-state index is 12.9. The second-order valence-corrected chi connectivity index (χ2v) is 7.61. The third-order valence-electron chi connectivity index (χ3n) is 6.80. The number of amides is 1. The molecule has 3 aliphatic rings. The van der Waals surface area contributed by atoms with Gasteiger partial charge in [-0.05, 0) is 31.1 Å². The predicted molar refractivity (Wildman–Crippen MR) is 79.4 cm³/mol. The van der Waals surface area contributed by atoms with Crippen LogP contribution < -0.4 is 5.32 Å². The van der Waals surface area contributed by atoms with E-state index in [0.29, 0.717) is 13.0 Å². The number of nitrogens with zero attached hydrogens (tertiary/aromatic N) is 1. The topological polar surface area (TPSA) is 70.9 Å². The van der Waals surface area contributed by atoms with E-state index < -0.39 is 5.41 Å². The van der Waals surface area contributed by atoms with Crippen molar-refractivity contribution in [1.82, 2.24) is 5.32 Å². The molecular formula is C16H26N2O3. The van der Waals surface area contributed by atoms with Gasteiger partial charge in [0.1, 0.15) is 0 Å². The number of nitrogens with one attached hydrogen (secondary N) is 1. The molecule has 1 aliphatic heterocycles. The van der Waals surface area contributed by atoms with Gasteiger partial charge >= 0.3 is 0 Å². The molecule has 3 atom stereocenters. The van der Waals surface area contributed by atoms with Gasteiger partial charge in [-0.2, -0.15) is 0 Å². The Morgan fingerprint density at radius 1 is 1.43 bits per heavy atom. The summed E-state index contributed by atoms with van der Waals surface area (Å²) < 4.78 is 5.58. The van der Waals surface area contributed by atoms with Crippen LogP contribution in [-0.2, 0) is 9.53 Å². The van der Waals surface area contributed by atoms with E-state index in [-0.39, 0.29) is 22.8 Å². The van der Waals surface area contributed by atoms with Gasteiger partial charge in [0.2, 0.25) is 5.91 Å². The maximum Gasteiger partial charge on any atom is 0.227 e. The lowest BCUT2D eigenvalue weighted by Gasteiger charge is -2.39. The van der Waals surface area contributed by atoms with Crippen LogP contribution in [0.25, 0.3) is 0 Å². The Hall–Kier alpha value is -1.10. The molecular weight excluding hydrogens is 268 g/mol. The van der Waals surface area contributed by atoms with Crippen molar-refractivity contribution in [3.8, 4) is 0 Å². The number of hydrogen-bond donors (Lipinski definition) is 2. The van der Waals surface area contributed by atoms with Gasteiger partial charge in [0.05, 0.1) is 17.2 Å². The molecule has 3 fully saturated rings. The van der Waals surface area contributed by atoms with Crippen molar-refractivity contribution in [1.29, 1.82) is 0 Å². The summed E-state index contributed by atoms with van der Waals surface area (Å²) >= 11 is 0. The number of ether oxygens (including phenoxy) is 1. The zero-order chi connectivity index (χ0) is 15.3. The molecule has 0 spiro atoms. The number of fused-ring (bicyclic) bond motifs is 2. The first-order valence-corrected chi connectivity index (χ1v) is 7.99. The quantitative estimate of drug-likeness (QED) is 0.620. The largest absolute Gasteiger partial charge is 0.411 e. The first kappa shape index (κ1) is 14.8. The van der Waals surface area contributed by atoms with Crippen LogP contribution in [0, 0.1) is 16.2 Å². The number of hydrogen-bond acceptors (Lipinski definition) is 4. The summed E-state index contributed by atoms with van der Waals surface area (Å²) in [4.78, 5) is 12.9. The summed E-state index contributed by atoms with van der Waals surface area (Å²) in [6, 6.07) is 0. The van der Waals surface area contributed by atoms with E-state index in [1.54, 1.807) is 0 Å². The molecule has 3 unspecified atom stereocenters. The highest BCUT2D eigenvalue weighted by Gasteiger charge is 2.71. The highest BCUT2D eigenvalue weighted by Crippen LogP contribution is 2.70. The van der Waals surface area contributed by atoms with Crippen molar-refractivity contribution in [3.63, 3.8) is 0 Å². The Bertz CT molecular complexity index is 482. The fourth-order valence-corrected chi connectivity index (χ4v) is 4.72. The fourth-order valence-electron chi connectivity index (χ4n) is 4.72. The normalized spacial score (nSPS) is 42.6. The lowest BCUT2D eigenvalue weighted by Crippen LogP contribution is -2.48. The van der Waals surface area contributed by atoms with E-state index in [1.807, 2.05) is 0 Å². The molecule has 5 nitrogen and oxygen atoms in total. The molecule has 2 saturated carbocycles. The fraction of sp³-hybridized carbons (Fsp3) is 0.875. The van der Waals surface area contributed by atoms with E-state index in [0.717, 1.165) is 38.0 Å². The molecule has 2 bridgehead atoms. The summed E-state index contributed by atoms with van der Waals surface area (Å²) in [6.07, 6.45) is 4.62. The molecule has 1 saturated heterocycles. The van der Waals surface area contributed by atoms with Gasteiger partial charge in [-0.15, -0.1) is 0 Å². The second kappa shape index (κ2) is 4.70. The van der Waals surface area contributed by atoms with E-state index in [2.05, 4.69) is 31.2 Å². The van der Waals surface area contributed by atoms with Crippen LogP contribution >= 0.6 is 0 Å². The van der Waals surface area contributed by atoms with Crippen LogP contribution in [0.15, 0.2) is 5.16 Å². The van der Waals surface area contributed by atoms with E-state index in [9.17, 15) is 10.0 Å². The summed E-state index contributed by atoms with van der Waals surface area (Å²) in [7, 11) is 0. The Morgan fingerprint density at radius 3 is 2.76 bits per heavy atom. The molecule has 3 rings (SSSR count). The third-order valence-corrected chi connectivity index (χ3v) is 6.80. The Labute approximate surface area is 126 Å².